The molecule has 1 atom stereocenters. The van der Waals surface area contributed by atoms with Crippen molar-refractivity contribution in [2.24, 2.45) is 4.99 Å². The molecule has 9 heteroatoms. The third kappa shape index (κ3) is 4.41. The third-order valence-electron chi connectivity index (χ3n) is 5.54. The lowest BCUT2D eigenvalue weighted by Gasteiger charge is -2.14. The van der Waals surface area contributed by atoms with Crippen LogP contribution in [0.1, 0.15) is 48.9 Å². The molecule has 2 aromatic carbocycles. The second-order valence-electron chi connectivity index (χ2n) is 8.31. The molecule has 33 heavy (non-hydrogen) atoms. The largest absolute Gasteiger partial charge is 0.459 e. The van der Waals surface area contributed by atoms with E-state index < -0.39 is 27.7 Å². The number of fused-ring (bicyclic) bond motifs is 2. The van der Waals surface area contributed by atoms with Crippen molar-refractivity contribution in [2.75, 3.05) is 0 Å². The number of sulfonamides is 1. The molecule has 0 saturated heterocycles. The molecule has 1 aliphatic heterocycles. The predicted octanol–water partition coefficient (Wildman–Crippen LogP) is 3.40. The molecule has 172 valence electrons. The number of amidine groups is 1. The number of ether oxygens (including phenoxy) is 1. The highest BCUT2D eigenvalue weighted by atomic mass is 32.2. The van der Waals surface area contributed by atoms with Gasteiger partial charge in [0.05, 0.1) is 4.90 Å². The summed E-state index contributed by atoms with van der Waals surface area (Å²) in [5.41, 5.74) is 2.95. The van der Waals surface area contributed by atoms with Crippen LogP contribution in [0.4, 0.5) is 0 Å². The molecule has 1 N–H and O–H groups in total. The van der Waals surface area contributed by atoms with E-state index in [-0.39, 0.29) is 23.3 Å². The summed E-state index contributed by atoms with van der Waals surface area (Å²) in [5.74, 6) is -0.285. The maximum absolute atomic E-state index is 12.6. The molecule has 1 aromatic heterocycles. The van der Waals surface area contributed by atoms with Crippen LogP contribution in [0.2, 0.25) is 0 Å². The van der Waals surface area contributed by atoms with Gasteiger partial charge in [0.1, 0.15) is 24.1 Å². The zero-order valence-electron chi connectivity index (χ0n) is 18.7. The highest BCUT2D eigenvalue weighted by Crippen LogP contribution is 2.27. The van der Waals surface area contributed by atoms with Crippen molar-refractivity contribution in [1.82, 2.24) is 4.72 Å². The number of carbonyl (C=O) groups is 1. The van der Waals surface area contributed by atoms with E-state index >= 15 is 0 Å². The number of benzene rings is 2. The summed E-state index contributed by atoms with van der Waals surface area (Å²) in [6.45, 7) is 7.48. The van der Waals surface area contributed by atoms with Gasteiger partial charge in [0, 0.05) is 22.6 Å². The average Bonchev–Trinajstić information content (AvgIpc) is 3.01. The zero-order valence-corrected chi connectivity index (χ0v) is 19.5. The molecular weight excluding hydrogens is 444 g/mol. The lowest BCUT2D eigenvalue weighted by molar-refractivity contribution is -0.145. The first-order valence-corrected chi connectivity index (χ1v) is 12.0. The number of aliphatic imine (C=N–C) groups is 1. The Bertz CT molecular complexity index is 1450. The van der Waals surface area contributed by atoms with Crippen LogP contribution < -0.4 is 10.3 Å². The van der Waals surface area contributed by atoms with Crippen LogP contribution in [0, 0.1) is 6.92 Å². The lowest BCUT2D eigenvalue weighted by Crippen LogP contribution is -2.26. The van der Waals surface area contributed by atoms with Gasteiger partial charge in [-0.1, -0.05) is 26.0 Å². The molecule has 2 heterocycles. The fraction of sp³-hybridized carbons (Fsp3) is 0.292. The Hall–Kier alpha value is -3.46. The summed E-state index contributed by atoms with van der Waals surface area (Å²) < 4.78 is 37.6. The minimum absolute atomic E-state index is 0.0953. The first kappa shape index (κ1) is 22.7. The highest BCUT2D eigenvalue weighted by molar-refractivity contribution is 7.90. The predicted molar refractivity (Wildman–Crippen MR) is 124 cm³/mol. The number of hydrogen-bond donors (Lipinski definition) is 1. The van der Waals surface area contributed by atoms with Crippen molar-refractivity contribution in [2.45, 2.75) is 51.2 Å². The molecule has 0 saturated carbocycles. The first-order chi connectivity index (χ1) is 15.6. The SMILES string of the molecule is Cc1cc2oc(=O)cc(COC(=O)[C@H](C)N=C3NS(=O)(=O)c4ccccc43)c2cc1C(C)C. The Morgan fingerprint density at radius 2 is 1.88 bits per heavy atom. The summed E-state index contributed by atoms with van der Waals surface area (Å²) in [5, 5.41) is 0.702. The molecule has 4 rings (SSSR count). The second-order valence-corrected chi connectivity index (χ2v) is 9.96. The van der Waals surface area contributed by atoms with Crippen LogP contribution in [0.5, 0.6) is 0 Å². The van der Waals surface area contributed by atoms with Gasteiger partial charge in [-0.2, -0.15) is 0 Å². The number of carbonyl (C=O) groups excluding carboxylic acids is 1. The van der Waals surface area contributed by atoms with E-state index in [2.05, 4.69) is 23.6 Å². The molecule has 0 bridgehead atoms. The van der Waals surface area contributed by atoms with E-state index in [1.807, 2.05) is 19.1 Å². The average molecular weight is 469 g/mol. The van der Waals surface area contributed by atoms with E-state index in [1.165, 1.54) is 19.1 Å². The third-order valence-corrected chi connectivity index (χ3v) is 6.93. The van der Waals surface area contributed by atoms with E-state index in [0.717, 1.165) is 11.1 Å². The smallest absolute Gasteiger partial charge is 0.336 e. The first-order valence-electron chi connectivity index (χ1n) is 10.5. The molecular formula is C24H24N2O6S. The van der Waals surface area contributed by atoms with Gasteiger partial charge in [-0.3, -0.25) is 9.71 Å². The summed E-state index contributed by atoms with van der Waals surface area (Å²) in [6, 6.07) is 10.5. The van der Waals surface area contributed by atoms with Crippen LogP contribution in [-0.4, -0.2) is 26.3 Å². The number of nitrogens with zero attached hydrogens (tertiary/aromatic N) is 1. The van der Waals surface area contributed by atoms with Crippen molar-refractivity contribution in [3.63, 3.8) is 0 Å². The summed E-state index contributed by atoms with van der Waals surface area (Å²) in [4.78, 5) is 29.0. The standard InChI is InChI=1S/C24H24N2O6S/c1-13(2)18-11-19-16(10-22(27)32-20(19)9-14(18)3)12-31-24(28)15(4)25-23-17-7-5-6-8-21(17)33(29,30)26-23/h5-11,13,15H,12H2,1-4H3,(H,25,26)/t15-/m0/s1. The van der Waals surface area contributed by atoms with Gasteiger partial charge in [-0.15, -0.1) is 0 Å². The van der Waals surface area contributed by atoms with Crippen LogP contribution >= 0.6 is 0 Å². The molecule has 8 nitrogen and oxygen atoms in total. The van der Waals surface area contributed by atoms with Gasteiger partial charge < -0.3 is 9.15 Å². The number of nitrogens with one attached hydrogen (secondary N) is 1. The number of hydrogen-bond acceptors (Lipinski definition) is 7. The Morgan fingerprint density at radius 3 is 2.61 bits per heavy atom. The maximum Gasteiger partial charge on any atom is 0.336 e. The van der Waals surface area contributed by atoms with Crippen molar-refractivity contribution in [3.8, 4) is 0 Å². The van der Waals surface area contributed by atoms with E-state index in [4.69, 9.17) is 9.15 Å². The van der Waals surface area contributed by atoms with Gasteiger partial charge >= 0.3 is 11.6 Å². The van der Waals surface area contributed by atoms with Gasteiger partial charge in [0.25, 0.3) is 10.0 Å². The van der Waals surface area contributed by atoms with Crippen molar-refractivity contribution in [3.05, 3.63) is 75.1 Å². The van der Waals surface area contributed by atoms with Crippen molar-refractivity contribution >= 4 is 32.8 Å². The normalized spacial score (nSPS) is 16.6. The second kappa shape index (κ2) is 8.47. The van der Waals surface area contributed by atoms with Crippen LogP contribution in [0.25, 0.3) is 11.0 Å². The lowest BCUT2D eigenvalue weighted by atomic mass is 9.95. The minimum Gasteiger partial charge on any atom is -0.459 e. The Labute approximate surface area is 191 Å². The Kier molecular flexibility index (Phi) is 5.84. The van der Waals surface area contributed by atoms with Gasteiger partial charge in [-0.05, 0) is 55.2 Å². The number of rotatable bonds is 5. The van der Waals surface area contributed by atoms with Crippen LogP contribution in [0.3, 0.4) is 0 Å². The molecule has 0 fully saturated rings. The number of esters is 1. The van der Waals surface area contributed by atoms with E-state index in [0.29, 0.717) is 22.1 Å². The molecule has 0 amide bonds. The van der Waals surface area contributed by atoms with Crippen molar-refractivity contribution in [1.29, 1.82) is 0 Å². The molecule has 1 aliphatic rings. The Balaban J connectivity index is 1.58. The fourth-order valence-corrected chi connectivity index (χ4v) is 5.12. The fourth-order valence-electron chi connectivity index (χ4n) is 3.88. The summed E-state index contributed by atoms with van der Waals surface area (Å²) >= 11 is 0. The van der Waals surface area contributed by atoms with Gasteiger partial charge in [0.15, 0.2) is 0 Å². The summed E-state index contributed by atoms with van der Waals surface area (Å²) in [6.07, 6.45) is 0. The van der Waals surface area contributed by atoms with E-state index in [1.54, 1.807) is 18.2 Å². The molecule has 0 radical (unpaired) electrons. The highest BCUT2D eigenvalue weighted by Gasteiger charge is 2.31. The number of aryl methyl sites for hydroxylation is 1. The molecule has 3 aromatic rings. The topological polar surface area (TPSA) is 115 Å². The van der Waals surface area contributed by atoms with Crippen molar-refractivity contribution < 1.29 is 22.4 Å². The monoisotopic (exact) mass is 468 g/mol. The van der Waals surface area contributed by atoms with E-state index in [9.17, 15) is 18.0 Å². The molecule has 0 unspecified atom stereocenters. The molecule has 0 spiro atoms. The quantitative estimate of drug-likeness (QED) is 0.453. The summed E-state index contributed by atoms with van der Waals surface area (Å²) in [7, 11) is -3.70. The van der Waals surface area contributed by atoms with Gasteiger partial charge in [-0.25, -0.2) is 18.0 Å². The maximum atomic E-state index is 12.6. The van der Waals surface area contributed by atoms with Gasteiger partial charge in [0.2, 0.25) is 0 Å². The van der Waals surface area contributed by atoms with Crippen LogP contribution in [-0.2, 0) is 26.2 Å². The minimum atomic E-state index is -3.70. The zero-order chi connectivity index (χ0) is 23.9. The Morgan fingerprint density at radius 1 is 1.15 bits per heavy atom. The van der Waals surface area contributed by atoms with Crippen LogP contribution in [0.15, 0.2) is 61.6 Å². The molecule has 0 aliphatic carbocycles.